The summed E-state index contributed by atoms with van der Waals surface area (Å²) in [6.45, 7) is 6.07. The first-order valence-corrected chi connectivity index (χ1v) is 12.1. The number of nitrogens with zero attached hydrogens (tertiary/aromatic N) is 4. The van der Waals surface area contributed by atoms with Crippen molar-refractivity contribution in [2.24, 2.45) is 0 Å². The summed E-state index contributed by atoms with van der Waals surface area (Å²) < 4.78 is 3.43. The van der Waals surface area contributed by atoms with Gasteiger partial charge in [0.25, 0.3) is 5.56 Å². The fourth-order valence-electron chi connectivity index (χ4n) is 4.02. The molecule has 1 aliphatic heterocycles. The van der Waals surface area contributed by atoms with Gasteiger partial charge in [-0.1, -0.05) is 30.0 Å². The molecule has 34 heavy (non-hydrogen) atoms. The quantitative estimate of drug-likeness (QED) is 0.405. The van der Waals surface area contributed by atoms with E-state index in [0.29, 0.717) is 27.6 Å². The summed E-state index contributed by atoms with van der Waals surface area (Å²) in [5.74, 6) is 0.491. The molecule has 0 aliphatic carbocycles. The summed E-state index contributed by atoms with van der Waals surface area (Å²) in [5, 5.41) is 11.8. The van der Waals surface area contributed by atoms with Crippen molar-refractivity contribution in [3.8, 4) is 0 Å². The predicted molar refractivity (Wildman–Crippen MR) is 136 cm³/mol. The summed E-state index contributed by atoms with van der Waals surface area (Å²) in [7, 11) is 0. The zero-order chi connectivity index (χ0) is 23.9. The Kier molecular flexibility index (Phi) is 5.65. The van der Waals surface area contributed by atoms with Gasteiger partial charge in [0.05, 0.1) is 17.8 Å². The highest BCUT2D eigenvalue weighted by molar-refractivity contribution is 7.99. The number of benzene rings is 2. The van der Waals surface area contributed by atoms with Crippen LogP contribution in [0.2, 0.25) is 0 Å². The van der Waals surface area contributed by atoms with Crippen LogP contribution in [0.5, 0.6) is 0 Å². The van der Waals surface area contributed by atoms with Crippen molar-refractivity contribution in [2.45, 2.75) is 43.9 Å². The lowest BCUT2D eigenvalue weighted by Crippen LogP contribution is -2.29. The van der Waals surface area contributed by atoms with Crippen LogP contribution in [0, 0.1) is 0 Å². The topological polar surface area (TPSA) is 93.8 Å². The van der Waals surface area contributed by atoms with E-state index >= 15 is 0 Å². The zero-order valence-electron chi connectivity index (χ0n) is 19.3. The number of thioether (sulfide) groups is 1. The molecule has 2 aromatic heterocycles. The van der Waals surface area contributed by atoms with E-state index in [1.54, 1.807) is 15.4 Å². The smallest absolute Gasteiger partial charge is 0.265 e. The molecule has 8 nitrogen and oxygen atoms in total. The molecule has 0 saturated carbocycles. The van der Waals surface area contributed by atoms with Crippen molar-refractivity contribution in [3.63, 3.8) is 0 Å². The second-order valence-corrected chi connectivity index (χ2v) is 10.3. The summed E-state index contributed by atoms with van der Waals surface area (Å²) in [6, 6.07) is 17.2. The average molecular weight is 475 g/mol. The van der Waals surface area contributed by atoms with E-state index in [0.717, 1.165) is 11.4 Å². The molecule has 0 fully saturated rings. The summed E-state index contributed by atoms with van der Waals surface area (Å²) in [5.41, 5.74) is 2.80. The van der Waals surface area contributed by atoms with Gasteiger partial charge in [-0.2, -0.15) is 5.10 Å². The van der Waals surface area contributed by atoms with Gasteiger partial charge in [-0.3, -0.25) is 14.2 Å². The maximum Gasteiger partial charge on any atom is 0.265 e. The number of anilines is 3. The van der Waals surface area contributed by atoms with E-state index in [-0.39, 0.29) is 29.5 Å². The first kappa shape index (κ1) is 22.2. The maximum atomic E-state index is 13.2. The molecule has 4 aromatic rings. The second-order valence-electron chi connectivity index (χ2n) is 9.32. The molecule has 9 heteroatoms. The number of amides is 1. The number of carbonyl (C=O) groups is 1. The first-order valence-electron chi connectivity index (χ1n) is 11.1. The molecule has 3 heterocycles. The molecule has 5 rings (SSSR count). The Morgan fingerprint density at radius 2 is 1.74 bits per heavy atom. The molecule has 0 saturated heterocycles. The van der Waals surface area contributed by atoms with Crippen molar-refractivity contribution in [1.82, 2.24) is 19.3 Å². The van der Waals surface area contributed by atoms with Crippen LogP contribution >= 0.6 is 11.8 Å². The van der Waals surface area contributed by atoms with Gasteiger partial charge in [0.1, 0.15) is 5.39 Å². The van der Waals surface area contributed by atoms with Gasteiger partial charge in [-0.05, 0) is 57.2 Å². The normalized spacial score (nSPS) is 15.3. The first-order chi connectivity index (χ1) is 16.3. The third kappa shape index (κ3) is 4.31. The van der Waals surface area contributed by atoms with Crippen molar-refractivity contribution in [2.75, 3.05) is 16.4 Å². The number of para-hydroxylation sites is 1. The third-order valence-electron chi connectivity index (χ3n) is 5.66. The standard InChI is InChI=1S/C25H26N6O2S/c1-25(2,3)31-22-20(14-26-31)23(33)30-19(15-34-24(30)29-22)13-21(32)28-18-11-9-17(10-12-18)27-16-7-5-4-6-8-16/h4-12,14,19,27H,13,15H2,1-3H3,(H,28,32). The lowest BCUT2D eigenvalue weighted by molar-refractivity contribution is -0.116. The number of fused-ring (bicyclic) bond motifs is 2. The van der Waals surface area contributed by atoms with E-state index in [1.807, 2.05) is 75.4 Å². The van der Waals surface area contributed by atoms with Crippen LogP contribution in [0.25, 0.3) is 11.0 Å². The molecule has 2 aromatic carbocycles. The van der Waals surface area contributed by atoms with E-state index < -0.39 is 0 Å². The molecule has 1 amide bonds. The van der Waals surface area contributed by atoms with Gasteiger partial charge < -0.3 is 10.6 Å². The molecule has 1 atom stereocenters. The van der Waals surface area contributed by atoms with Crippen molar-refractivity contribution in [3.05, 3.63) is 71.1 Å². The van der Waals surface area contributed by atoms with E-state index in [9.17, 15) is 9.59 Å². The Balaban J connectivity index is 1.29. The van der Waals surface area contributed by atoms with Crippen LogP contribution in [0.3, 0.4) is 0 Å². The molecule has 0 spiro atoms. The molecule has 1 aliphatic rings. The monoisotopic (exact) mass is 474 g/mol. The van der Waals surface area contributed by atoms with Crippen LogP contribution in [0.1, 0.15) is 33.2 Å². The number of rotatable bonds is 5. The van der Waals surface area contributed by atoms with Crippen LogP contribution in [0.15, 0.2) is 70.7 Å². The highest BCUT2D eigenvalue weighted by atomic mass is 32.2. The van der Waals surface area contributed by atoms with Gasteiger partial charge in [-0.15, -0.1) is 0 Å². The van der Waals surface area contributed by atoms with E-state index in [4.69, 9.17) is 4.98 Å². The largest absolute Gasteiger partial charge is 0.356 e. The van der Waals surface area contributed by atoms with Gasteiger partial charge in [0.15, 0.2) is 10.8 Å². The van der Waals surface area contributed by atoms with Gasteiger partial charge in [0.2, 0.25) is 5.91 Å². The van der Waals surface area contributed by atoms with E-state index in [1.165, 1.54) is 11.8 Å². The lowest BCUT2D eigenvalue weighted by Gasteiger charge is -2.20. The summed E-state index contributed by atoms with van der Waals surface area (Å²) in [6.07, 6.45) is 1.78. The zero-order valence-corrected chi connectivity index (χ0v) is 20.1. The summed E-state index contributed by atoms with van der Waals surface area (Å²) in [4.78, 5) is 30.7. The van der Waals surface area contributed by atoms with Crippen molar-refractivity contribution in [1.29, 1.82) is 0 Å². The molecule has 1 unspecified atom stereocenters. The minimum absolute atomic E-state index is 0.139. The highest BCUT2D eigenvalue weighted by Gasteiger charge is 2.30. The highest BCUT2D eigenvalue weighted by Crippen LogP contribution is 2.34. The minimum Gasteiger partial charge on any atom is -0.356 e. The van der Waals surface area contributed by atoms with Crippen molar-refractivity contribution >= 4 is 45.8 Å². The van der Waals surface area contributed by atoms with Crippen LogP contribution in [0.4, 0.5) is 17.1 Å². The molecular formula is C25H26N6O2S. The Hall–Kier alpha value is -3.59. The number of carbonyl (C=O) groups excluding carboxylic acids is 1. The molecule has 2 N–H and O–H groups in total. The van der Waals surface area contributed by atoms with Crippen LogP contribution < -0.4 is 16.2 Å². The molecule has 0 radical (unpaired) electrons. The molecule has 174 valence electrons. The number of hydrogen-bond donors (Lipinski definition) is 2. The second kappa shape index (κ2) is 8.64. The van der Waals surface area contributed by atoms with Gasteiger partial charge in [-0.25, -0.2) is 9.67 Å². The Morgan fingerprint density at radius 3 is 2.44 bits per heavy atom. The SMILES string of the molecule is CC(C)(C)n1ncc2c(=O)n3c(nc21)SCC3CC(=O)Nc1ccc(Nc2ccccc2)cc1. The Morgan fingerprint density at radius 1 is 1.06 bits per heavy atom. The number of nitrogens with one attached hydrogen (secondary N) is 2. The van der Waals surface area contributed by atoms with Crippen molar-refractivity contribution < 1.29 is 4.79 Å². The Bertz CT molecular complexity index is 1400. The predicted octanol–water partition coefficient (Wildman–Crippen LogP) is 4.77. The van der Waals surface area contributed by atoms with Gasteiger partial charge >= 0.3 is 0 Å². The summed E-state index contributed by atoms with van der Waals surface area (Å²) >= 11 is 1.50. The Labute approximate surface area is 201 Å². The fraction of sp³-hybridized carbons (Fsp3) is 0.280. The minimum atomic E-state index is -0.283. The maximum absolute atomic E-state index is 13.2. The van der Waals surface area contributed by atoms with Gasteiger partial charge in [0, 0.05) is 29.2 Å². The number of hydrogen-bond acceptors (Lipinski definition) is 6. The molecular weight excluding hydrogens is 448 g/mol. The van der Waals surface area contributed by atoms with E-state index in [2.05, 4.69) is 15.7 Å². The number of aromatic nitrogens is 4. The average Bonchev–Trinajstić information content (AvgIpc) is 3.41. The fourth-order valence-corrected chi connectivity index (χ4v) is 5.15. The lowest BCUT2D eigenvalue weighted by atomic mass is 10.1. The van der Waals surface area contributed by atoms with Crippen LogP contribution in [-0.4, -0.2) is 31.0 Å². The van der Waals surface area contributed by atoms with Crippen LogP contribution in [-0.2, 0) is 10.3 Å². The third-order valence-corrected chi connectivity index (χ3v) is 6.76. The molecule has 0 bridgehead atoms.